The quantitative estimate of drug-likeness (QED) is 0.342. The number of benzene rings is 1. The minimum absolute atomic E-state index is 0.278. The molecule has 166 valence electrons. The van der Waals surface area contributed by atoms with Crippen molar-refractivity contribution in [1.29, 1.82) is 0 Å². The van der Waals surface area contributed by atoms with Crippen LogP contribution in [0.5, 0.6) is 0 Å². The molecule has 0 spiro atoms. The Labute approximate surface area is 189 Å². The molecule has 0 aliphatic carbocycles. The third-order valence-corrected chi connectivity index (χ3v) is 5.44. The van der Waals surface area contributed by atoms with Crippen molar-refractivity contribution in [2.24, 2.45) is 4.99 Å². The van der Waals surface area contributed by atoms with E-state index in [-0.39, 0.29) is 5.54 Å². The summed E-state index contributed by atoms with van der Waals surface area (Å²) in [5, 5.41) is 3.88. The fourth-order valence-corrected chi connectivity index (χ4v) is 3.83. The SMILES string of the molecule is C=C/C(=C\N(C)C)c1cccc(C2(C)C=CC(C(/C=C\C)=NCC)=C(CCCC)N2)c1. The molecule has 1 atom stereocenters. The molecule has 1 unspecified atom stereocenters. The number of nitrogens with zero attached hydrogens (tertiary/aromatic N) is 2. The monoisotopic (exact) mass is 417 g/mol. The standard InChI is InChI=1S/C28H39N3/c1-8-12-17-27-25(26(14-9-2)29-11-4)18-19-28(5,30-27)24-16-13-15-23(20-24)22(10-3)21-31(6)7/h9-10,13-16,18-21,30H,3,8,11-12,17H2,1-2,4-7H3/b14-9-,22-21+,29-26?. The van der Waals surface area contributed by atoms with Gasteiger partial charge in [0.1, 0.15) is 0 Å². The normalized spacial score (nSPS) is 19.7. The number of dihydropyridines is 1. The Morgan fingerprint density at radius 3 is 2.65 bits per heavy atom. The first-order valence-corrected chi connectivity index (χ1v) is 11.4. The Kier molecular flexibility index (Phi) is 9.11. The van der Waals surface area contributed by atoms with Crippen LogP contribution in [0.1, 0.15) is 58.1 Å². The number of unbranched alkanes of at least 4 members (excludes halogenated alkanes) is 1. The minimum Gasteiger partial charge on any atom is -0.383 e. The summed E-state index contributed by atoms with van der Waals surface area (Å²) >= 11 is 0. The van der Waals surface area contributed by atoms with Gasteiger partial charge in [-0.1, -0.05) is 62.4 Å². The van der Waals surface area contributed by atoms with E-state index in [9.17, 15) is 0 Å². The van der Waals surface area contributed by atoms with Gasteiger partial charge in [0.25, 0.3) is 0 Å². The van der Waals surface area contributed by atoms with Crippen molar-refractivity contribution in [2.45, 2.75) is 52.5 Å². The van der Waals surface area contributed by atoms with Crippen LogP contribution in [0.2, 0.25) is 0 Å². The van der Waals surface area contributed by atoms with Crippen LogP contribution in [0.25, 0.3) is 5.57 Å². The number of aliphatic imine (C=N–C) groups is 1. The van der Waals surface area contributed by atoms with Gasteiger partial charge in [0, 0.05) is 38.1 Å². The second-order valence-corrected chi connectivity index (χ2v) is 8.35. The predicted molar refractivity (Wildman–Crippen MR) is 137 cm³/mol. The van der Waals surface area contributed by atoms with Gasteiger partial charge in [0.05, 0.1) is 11.3 Å². The molecule has 1 aliphatic rings. The maximum atomic E-state index is 4.75. The molecule has 0 radical (unpaired) electrons. The third kappa shape index (κ3) is 6.33. The van der Waals surface area contributed by atoms with Gasteiger partial charge in [-0.3, -0.25) is 4.99 Å². The molecular weight excluding hydrogens is 378 g/mol. The summed E-state index contributed by atoms with van der Waals surface area (Å²) in [4.78, 5) is 6.80. The first kappa shape index (κ1) is 24.5. The number of rotatable bonds is 10. The maximum absolute atomic E-state index is 4.75. The maximum Gasteiger partial charge on any atom is 0.0782 e. The molecule has 0 fully saturated rings. The summed E-state index contributed by atoms with van der Waals surface area (Å²) in [5.74, 6) is 0. The third-order valence-electron chi connectivity index (χ3n) is 5.44. The molecule has 0 aromatic heterocycles. The molecule has 1 aromatic carbocycles. The van der Waals surface area contributed by atoms with Crippen LogP contribution >= 0.6 is 0 Å². The lowest BCUT2D eigenvalue weighted by atomic mass is 9.84. The van der Waals surface area contributed by atoms with Gasteiger partial charge in [0.15, 0.2) is 0 Å². The van der Waals surface area contributed by atoms with Crippen molar-refractivity contribution in [3.8, 4) is 0 Å². The van der Waals surface area contributed by atoms with Crippen molar-refractivity contribution < 1.29 is 0 Å². The van der Waals surface area contributed by atoms with E-state index in [2.05, 4.69) is 92.3 Å². The number of nitrogens with one attached hydrogen (secondary N) is 1. The number of hydrogen-bond donors (Lipinski definition) is 1. The van der Waals surface area contributed by atoms with Crippen LogP contribution < -0.4 is 5.32 Å². The van der Waals surface area contributed by atoms with Crippen LogP contribution in [0, 0.1) is 0 Å². The van der Waals surface area contributed by atoms with E-state index in [4.69, 9.17) is 4.99 Å². The van der Waals surface area contributed by atoms with E-state index < -0.39 is 0 Å². The molecule has 1 heterocycles. The fourth-order valence-electron chi connectivity index (χ4n) is 3.83. The van der Waals surface area contributed by atoms with Crippen molar-refractivity contribution in [3.05, 3.63) is 89.8 Å². The first-order valence-electron chi connectivity index (χ1n) is 11.4. The average molecular weight is 418 g/mol. The number of hydrogen-bond acceptors (Lipinski definition) is 3. The van der Waals surface area contributed by atoms with Crippen molar-refractivity contribution in [1.82, 2.24) is 10.2 Å². The summed E-state index contributed by atoms with van der Waals surface area (Å²) in [5.41, 5.74) is 6.78. The lowest BCUT2D eigenvalue weighted by Crippen LogP contribution is -2.40. The van der Waals surface area contributed by atoms with Crippen molar-refractivity contribution >= 4 is 11.3 Å². The summed E-state index contributed by atoms with van der Waals surface area (Å²) in [6, 6.07) is 8.75. The Morgan fingerprint density at radius 1 is 1.26 bits per heavy atom. The molecule has 0 amide bonds. The Balaban J connectivity index is 2.49. The van der Waals surface area contributed by atoms with E-state index in [0.717, 1.165) is 37.1 Å². The van der Waals surface area contributed by atoms with Gasteiger partial charge in [-0.2, -0.15) is 0 Å². The van der Waals surface area contributed by atoms with E-state index in [1.165, 1.54) is 22.4 Å². The van der Waals surface area contributed by atoms with Crippen LogP contribution in [-0.4, -0.2) is 31.3 Å². The zero-order chi connectivity index (χ0) is 22.9. The Morgan fingerprint density at radius 2 is 2.03 bits per heavy atom. The molecule has 1 aliphatic heterocycles. The second kappa shape index (κ2) is 11.5. The van der Waals surface area contributed by atoms with Gasteiger partial charge >= 0.3 is 0 Å². The molecule has 0 saturated heterocycles. The van der Waals surface area contributed by atoms with Gasteiger partial charge in [-0.15, -0.1) is 0 Å². The second-order valence-electron chi connectivity index (χ2n) is 8.35. The largest absolute Gasteiger partial charge is 0.383 e. The van der Waals surface area contributed by atoms with Gasteiger partial charge in [-0.25, -0.2) is 0 Å². The summed E-state index contributed by atoms with van der Waals surface area (Å²) in [7, 11) is 4.07. The number of allylic oxidation sites excluding steroid dienone is 7. The minimum atomic E-state index is -0.278. The first-order chi connectivity index (χ1) is 14.9. The average Bonchev–Trinajstić information content (AvgIpc) is 2.76. The van der Waals surface area contributed by atoms with Crippen LogP contribution in [0.4, 0.5) is 0 Å². The highest BCUT2D eigenvalue weighted by molar-refractivity contribution is 6.11. The smallest absolute Gasteiger partial charge is 0.0782 e. The zero-order valence-corrected chi connectivity index (χ0v) is 20.2. The van der Waals surface area contributed by atoms with E-state index >= 15 is 0 Å². The molecule has 0 saturated carbocycles. The van der Waals surface area contributed by atoms with Crippen LogP contribution in [0.15, 0.2) is 83.7 Å². The van der Waals surface area contributed by atoms with Crippen LogP contribution in [0.3, 0.4) is 0 Å². The lowest BCUT2D eigenvalue weighted by Gasteiger charge is -2.35. The highest BCUT2D eigenvalue weighted by Crippen LogP contribution is 2.32. The van der Waals surface area contributed by atoms with Gasteiger partial charge < -0.3 is 10.2 Å². The van der Waals surface area contributed by atoms with Crippen molar-refractivity contribution in [2.75, 3.05) is 20.6 Å². The topological polar surface area (TPSA) is 27.6 Å². The predicted octanol–water partition coefficient (Wildman–Crippen LogP) is 6.63. The Hall–Kier alpha value is -2.81. The van der Waals surface area contributed by atoms with E-state index in [0.29, 0.717) is 0 Å². The van der Waals surface area contributed by atoms with Gasteiger partial charge in [0.2, 0.25) is 0 Å². The molecule has 3 heteroatoms. The van der Waals surface area contributed by atoms with E-state index in [1.54, 1.807) is 0 Å². The molecule has 0 bridgehead atoms. The van der Waals surface area contributed by atoms with Gasteiger partial charge in [-0.05, 0) is 62.5 Å². The molecule has 2 rings (SSSR count). The fraction of sp³-hybridized carbons (Fsp3) is 0.393. The highest BCUT2D eigenvalue weighted by atomic mass is 15.0. The molecule has 3 nitrogen and oxygen atoms in total. The summed E-state index contributed by atoms with van der Waals surface area (Å²) in [6.07, 6.45) is 16.1. The lowest BCUT2D eigenvalue weighted by molar-refractivity contribution is 0.483. The van der Waals surface area contributed by atoms with E-state index in [1.807, 2.05) is 27.1 Å². The van der Waals surface area contributed by atoms with Crippen molar-refractivity contribution in [3.63, 3.8) is 0 Å². The molecule has 1 aromatic rings. The Bertz CT molecular complexity index is 912. The molecule has 1 N–H and O–H groups in total. The zero-order valence-electron chi connectivity index (χ0n) is 20.2. The molecule has 31 heavy (non-hydrogen) atoms. The van der Waals surface area contributed by atoms with Crippen LogP contribution in [-0.2, 0) is 5.54 Å². The summed E-state index contributed by atoms with van der Waals surface area (Å²) < 4.78 is 0. The summed E-state index contributed by atoms with van der Waals surface area (Å²) in [6.45, 7) is 13.4. The molecular formula is C28H39N3. The highest BCUT2D eigenvalue weighted by Gasteiger charge is 2.29.